The first-order chi connectivity index (χ1) is 9.34. The molecular formula is C15H13BrN2O. The van der Waals surface area contributed by atoms with Gasteiger partial charge in [0.15, 0.2) is 0 Å². The van der Waals surface area contributed by atoms with Crippen molar-refractivity contribution in [1.82, 2.24) is 10.3 Å². The van der Waals surface area contributed by atoms with Crippen LogP contribution in [0.15, 0.2) is 57.7 Å². The molecule has 0 bridgehead atoms. The molecule has 0 unspecified atom stereocenters. The first-order valence-corrected chi connectivity index (χ1v) is 6.89. The van der Waals surface area contributed by atoms with E-state index in [2.05, 4.69) is 44.4 Å². The summed E-state index contributed by atoms with van der Waals surface area (Å²) in [6.45, 7) is 1.49. The quantitative estimate of drug-likeness (QED) is 0.793. The maximum Gasteiger partial charge on any atom is 0.117 e. The van der Waals surface area contributed by atoms with E-state index in [4.69, 9.17) is 4.42 Å². The summed E-state index contributed by atoms with van der Waals surface area (Å²) < 4.78 is 6.37. The molecule has 0 fully saturated rings. The predicted molar refractivity (Wildman–Crippen MR) is 78.7 cm³/mol. The van der Waals surface area contributed by atoms with Gasteiger partial charge in [0.05, 0.1) is 18.3 Å². The van der Waals surface area contributed by atoms with E-state index in [1.54, 1.807) is 6.26 Å². The van der Waals surface area contributed by atoms with Crippen LogP contribution in [0, 0.1) is 0 Å². The Morgan fingerprint density at radius 2 is 2.05 bits per heavy atom. The predicted octanol–water partition coefficient (Wildman–Crippen LogP) is 3.88. The summed E-state index contributed by atoms with van der Waals surface area (Å²) in [7, 11) is 0. The van der Waals surface area contributed by atoms with Crippen LogP contribution < -0.4 is 5.32 Å². The van der Waals surface area contributed by atoms with Crippen molar-refractivity contribution in [1.29, 1.82) is 0 Å². The van der Waals surface area contributed by atoms with Gasteiger partial charge in [0.1, 0.15) is 5.76 Å². The molecule has 19 heavy (non-hydrogen) atoms. The molecule has 96 valence electrons. The Morgan fingerprint density at radius 3 is 2.89 bits per heavy atom. The summed E-state index contributed by atoms with van der Waals surface area (Å²) in [6.07, 6.45) is 3.51. The molecule has 1 aromatic carbocycles. The second-order valence-electron chi connectivity index (χ2n) is 4.29. The van der Waals surface area contributed by atoms with Crippen LogP contribution in [0.2, 0.25) is 0 Å². The van der Waals surface area contributed by atoms with Crippen molar-refractivity contribution in [2.24, 2.45) is 0 Å². The molecule has 0 aliphatic heterocycles. The molecule has 2 heterocycles. The van der Waals surface area contributed by atoms with Crippen molar-refractivity contribution in [3.63, 3.8) is 0 Å². The maximum atomic E-state index is 5.29. The number of hydrogen-bond donors (Lipinski definition) is 1. The zero-order chi connectivity index (χ0) is 13.1. The average Bonchev–Trinajstić information content (AvgIpc) is 2.95. The number of pyridine rings is 1. The number of benzene rings is 1. The van der Waals surface area contributed by atoms with Gasteiger partial charge in [0, 0.05) is 22.6 Å². The van der Waals surface area contributed by atoms with Gasteiger partial charge >= 0.3 is 0 Å². The SMILES string of the molecule is Brc1ccc(CNCc2ccco2)c2ncccc12. The first kappa shape index (κ1) is 12.4. The zero-order valence-corrected chi connectivity index (χ0v) is 11.9. The van der Waals surface area contributed by atoms with Crippen LogP contribution in [-0.4, -0.2) is 4.98 Å². The van der Waals surface area contributed by atoms with Crippen LogP contribution in [-0.2, 0) is 13.1 Å². The van der Waals surface area contributed by atoms with E-state index in [-0.39, 0.29) is 0 Å². The summed E-state index contributed by atoms with van der Waals surface area (Å²) in [5.74, 6) is 0.939. The third-order valence-electron chi connectivity index (χ3n) is 2.99. The van der Waals surface area contributed by atoms with Gasteiger partial charge in [0.25, 0.3) is 0 Å². The van der Waals surface area contributed by atoms with E-state index < -0.39 is 0 Å². The van der Waals surface area contributed by atoms with Crippen molar-refractivity contribution >= 4 is 26.8 Å². The lowest BCUT2D eigenvalue weighted by atomic mass is 10.1. The lowest BCUT2D eigenvalue weighted by molar-refractivity contribution is 0.483. The normalized spacial score (nSPS) is 11.0. The Bertz CT molecular complexity index is 680. The number of rotatable bonds is 4. The summed E-state index contributed by atoms with van der Waals surface area (Å²) in [5, 5.41) is 4.51. The molecule has 0 spiro atoms. The van der Waals surface area contributed by atoms with Crippen LogP contribution in [0.4, 0.5) is 0 Å². The van der Waals surface area contributed by atoms with E-state index >= 15 is 0 Å². The number of furan rings is 1. The fourth-order valence-electron chi connectivity index (χ4n) is 2.07. The number of nitrogens with one attached hydrogen (secondary N) is 1. The van der Waals surface area contributed by atoms with Crippen molar-refractivity contribution in [3.05, 3.63) is 64.7 Å². The van der Waals surface area contributed by atoms with E-state index in [1.165, 1.54) is 5.56 Å². The minimum atomic E-state index is 0.720. The van der Waals surface area contributed by atoms with Gasteiger partial charge in [0.2, 0.25) is 0 Å². The minimum Gasteiger partial charge on any atom is -0.468 e. The lowest BCUT2D eigenvalue weighted by Crippen LogP contribution is -2.12. The van der Waals surface area contributed by atoms with Crippen molar-refractivity contribution in [2.75, 3.05) is 0 Å². The zero-order valence-electron chi connectivity index (χ0n) is 10.3. The van der Waals surface area contributed by atoms with E-state index in [1.807, 2.05) is 24.4 Å². The van der Waals surface area contributed by atoms with E-state index in [0.717, 1.165) is 34.2 Å². The Hall–Kier alpha value is -1.65. The Kier molecular flexibility index (Phi) is 3.62. The van der Waals surface area contributed by atoms with Crippen LogP contribution in [0.1, 0.15) is 11.3 Å². The highest BCUT2D eigenvalue weighted by molar-refractivity contribution is 9.10. The molecule has 0 saturated heterocycles. The fourth-order valence-corrected chi connectivity index (χ4v) is 2.52. The molecular weight excluding hydrogens is 304 g/mol. The van der Waals surface area contributed by atoms with Gasteiger partial charge in [-0.25, -0.2) is 0 Å². The van der Waals surface area contributed by atoms with Crippen molar-refractivity contribution in [3.8, 4) is 0 Å². The molecule has 2 aromatic heterocycles. The molecule has 3 aromatic rings. The Morgan fingerprint density at radius 1 is 1.11 bits per heavy atom. The lowest BCUT2D eigenvalue weighted by Gasteiger charge is -2.08. The van der Waals surface area contributed by atoms with E-state index in [9.17, 15) is 0 Å². The molecule has 3 nitrogen and oxygen atoms in total. The third kappa shape index (κ3) is 2.69. The molecule has 0 atom stereocenters. The summed E-state index contributed by atoms with van der Waals surface area (Å²) in [5.41, 5.74) is 2.22. The highest BCUT2D eigenvalue weighted by Crippen LogP contribution is 2.25. The molecule has 0 amide bonds. The number of hydrogen-bond acceptors (Lipinski definition) is 3. The minimum absolute atomic E-state index is 0.720. The van der Waals surface area contributed by atoms with Gasteiger partial charge in [-0.1, -0.05) is 28.1 Å². The summed E-state index contributed by atoms with van der Waals surface area (Å²) in [4.78, 5) is 4.46. The van der Waals surface area contributed by atoms with Gasteiger partial charge in [-0.15, -0.1) is 0 Å². The van der Waals surface area contributed by atoms with Crippen LogP contribution >= 0.6 is 15.9 Å². The second-order valence-corrected chi connectivity index (χ2v) is 5.14. The fraction of sp³-hybridized carbons (Fsp3) is 0.133. The van der Waals surface area contributed by atoms with Crippen molar-refractivity contribution < 1.29 is 4.42 Å². The topological polar surface area (TPSA) is 38.1 Å². The Balaban J connectivity index is 1.79. The molecule has 1 N–H and O–H groups in total. The molecule has 4 heteroatoms. The first-order valence-electron chi connectivity index (χ1n) is 6.10. The summed E-state index contributed by atoms with van der Waals surface area (Å²) >= 11 is 3.56. The summed E-state index contributed by atoms with van der Waals surface area (Å²) in [6, 6.07) is 12.0. The molecule has 0 aliphatic carbocycles. The second kappa shape index (κ2) is 5.55. The molecule has 0 aliphatic rings. The van der Waals surface area contributed by atoms with Crippen LogP contribution in [0.5, 0.6) is 0 Å². The number of nitrogens with zero attached hydrogens (tertiary/aromatic N) is 1. The smallest absolute Gasteiger partial charge is 0.117 e. The largest absolute Gasteiger partial charge is 0.468 e. The highest BCUT2D eigenvalue weighted by atomic mass is 79.9. The number of halogens is 1. The molecule has 0 radical (unpaired) electrons. The van der Waals surface area contributed by atoms with Gasteiger partial charge in [-0.2, -0.15) is 0 Å². The highest BCUT2D eigenvalue weighted by Gasteiger charge is 2.05. The Labute approximate surface area is 119 Å². The number of aromatic nitrogens is 1. The van der Waals surface area contributed by atoms with Crippen LogP contribution in [0.25, 0.3) is 10.9 Å². The van der Waals surface area contributed by atoms with Crippen molar-refractivity contribution in [2.45, 2.75) is 13.1 Å². The van der Waals surface area contributed by atoms with Crippen LogP contribution in [0.3, 0.4) is 0 Å². The number of fused-ring (bicyclic) bond motifs is 1. The average molecular weight is 317 g/mol. The van der Waals surface area contributed by atoms with Gasteiger partial charge in [-0.05, 0) is 29.8 Å². The van der Waals surface area contributed by atoms with Gasteiger partial charge < -0.3 is 9.73 Å². The standard InChI is InChI=1S/C15H13BrN2O/c16-14-6-5-11(15-13(14)4-1-7-18-15)9-17-10-12-3-2-8-19-12/h1-8,17H,9-10H2. The van der Waals surface area contributed by atoms with Gasteiger partial charge in [-0.3, -0.25) is 4.98 Å². The monoisotopic (exact) mass is 316 g/mol. The molecule has 3 rings (SSSR count). The molecule has 0 saturated carbocycles. The van der Waals surface area contributed by atoms with E-state index in [0.29, 0.717) is 0 Å². The maximum absolute atomic E-state index is 5.29. The third-order valence-corrected chi connectivity index (χ3v) is 3.69.